The van der Waals surface area contributed by atoms with Crippen LogP contribution in [0.2, 0.25) is 10.0 Å². The van der Waals surface area contributed by atoms with E-state index in [-0.39, 0.29) is 29.9 Å². The van der Waals surface area contributed by atoms with E-state index >= 15 is 0 Å². The molecule has 1 aliphatic heterocycles. The van der Waals surface area contributed by atoms with Crippen molar-refractivity contribution in [1.29, 1.82) is 0 Å². The van der Waals surface area contributed by atoms with Crippen molar-refractivity contribution in [2.45, 2.75) is 66.0 Å². The van der Waals surface area contributed by atoms with Gasteiger partial charge in [0.2, 0.25) is 0 Å². The number of hydrogen-bond acceptors (Lipinski definition) is 7. The summed E-state index contributed by atoms with van der Waals surface area (Å²) in [7, 11) is 0. The molecule has 0 bridgehead atoms. The molecule has 4 rings (SSSR count). The molecule has 9 nitrogen and oxygen atoms in total. The molecule has 0 aliphatic carbocycles. The average Bonchev–Trinajstić information content (AvgIpc) is 3.31. The van der Waals surface area contributed by atoms with Gasteiger partial charge in [-0.3, -0.25) is 4.79 Å². The van der Waals surface area contributed by atoms with Crippen LogP contribution >= 0.6 is 23.2 Å². The number of ketones is 1. The van der Waals surface area contributed by atoms with Crippen molar-refractivity contribution < 1.29 is 23.9 Å². The van der Waals surface area contributed by atoms with Crippen LogP contribution in [0.4, 0.5) is 4.79 Å². The summed E-state index contributed by atoms with van der Waals surface area (Å²) < 4.78 is 12.5. The first-order chi connectivity index (χ1) is 19.8. The van der Waals surface area contributed by atoms with Crippen molar-refractivity contribution in [3.8, 4) is 5.69 Å². The number of alkyl carbamates (subject to hydrolysis) is 1. The molecule has 0 saturated heterocycles. The van der Waals surface area contributed by atoms with E-state index in [9.17, 15) is 14.4 Å². The van der Waals surface area contributed by atoms with Gasteiger partial charge in [-0.1, -0.05) is 42.3 Å². The Hall–Kier alpha value is -3.40. The predicted octanol–water partition coefficient (Wildman–Crippen LogP) is 6.17. The Morgan fingerprint density at radius 2 is 1.88 bits per heavy atom. The Labute approximate surface area is 255 Å². The van der Waals surface area contributed by atoms with E-state index in [4.69, 9.17) is 37.8 Å². The quantitative estimate of drug-likeness (QED) is 0.230. The van der Waals surface area contributed by atoms with Crippen LogP contribution in [0.1, 0.15) is 89.3 Å². The molecule has 42 heavy (non-hydrogen) atoms. The number of hydrogen-bond donors (Lipinski definition) is 2. The molecule has 1 aliphatic rings. The number of halogens is 2. The lowest BCUT2D eigenvalue weighted by Gasteiger charge is -2.23. The molecular weight excluding hydrogens is 579 g/mol. The third kappa shape index (κ3) is 6.80. The zero-order chi connectivity index (χ0) is 30.8. The third-order valence-corrected chi connectivity index (χ3v) is 7.70. The molecule has 3 aromatic rings. The standard InChI is InChI=1S/C31H36Cl2N4O5/c1-7-41-29(39)27-22-16-34-13-12-25(22)36-37(27)26-18(3)21(28(38)19-8-11-23(32)24(33)14-19)10-9-20(26)17(2)15-35-30(40)42-31(4,5)6/h8-11,14,17,34H,7,12-13,15-16H2,1-6H3,(H,35,40)/t17-/m0/s1. The van der Waals surface area contributed by atoms with Crippen LogP contribution < -0.4 is 10.6 Å². The van der Waals surface area contributed by atoms with Crippen LogP contribution in [-0.4, -0.2) is 52.9 Å². The second-order valence-corrected chi connectivity index (χ2v) is 12.1. The van der Waals surface area contributed by atoms with Gasteiger partial charge in [-0.2, -0.15) is 5.10 Å². The molecule has 0 spiro atoms. The van der Waals surface area contributed by atoms with E-state index < -0.39 is 17.7 Å². The molecule has 11 heteroatoms. The lowest BCUT2D eigenvalue weighted by atomic mass is 9.90. The molecule has 1 atom stereocenters. The summed E-state index contributed by atoms with van der Waals surface area (Å²) in [5.41, 5.74) is 4.01. The molecule has 0 fully saturated rings. The van der Waals surface area contributed by atoms with E-state index in [0.29, 0.717) is 46.1 Å². The number of nitrogens with one attached hydrogen (secondary N) is 2. The minimum absolute atomic E-state index is 0.199. The summed E-state index contributed by atoms with van der Waals surface area (Å²) in [6.07, 6.45) is 0.104. The van der Waals surface area contributed by atoms with Gasteiger partial charge >= 0.3 is 12.1 Å². The number of amides is 1. The van der Waals surface area contributed by atoms with E-state index in [1.807, 2.05) is 19.9 Å². The number of benzene rings is 2. The zero-order valence-electron chi connectivity index (χ0n) is 24.7. The SMILES string of the molecule is CCOC(=O)c1c2c(nn1-c1c([C@@H](C)CNC(=O)OC(C)(C)C)ccc(C(=O)c3ccc(Cl)c(Cl)c3)c1C)CCNC2. The lowest BCUT2D eigenvalue weighted by Crippen LogP contribution is -2.34. The first kappa shape index (κ1) is 31.5. The van der Waals surface area contributed by atoms with E-state index in [1.54, 1.807) is 50.6 Å². The first-order valence-corrected chi connectivity index (χ1v) is 14.7. The van der Waals surface area contributed by atoms with Crippen molar-refractivity contribution in [2.24, 2.45) is 0 Å². The minimum atomic E-state index is -0.641. The Bertz CT molecular complexity index is 1530. The van der Waals surface area contributed by atoms with Gasteiger partial charge in [0, 0.05) is 48.7 Å². The predicted molar refractivity (Wildman–Crippen MR) is 162 cm³/mol. The number of esters is 1. The highest BCUT2D eigenvalue weighted by Crippen LogP contribution is 2.34. The summed E-state index contributed by atoms with van der Waals surface area (Å²) >= 11 is 12.3. The largest absolute Gasteiger partial charge is 0.461 e. The summed E-state index contributed by atoms with van der Waals surface area (Å²) in [6, 6.07) is 8.33. The van der Waals surface area contributed by atoms with Gasteiger partial charge in [0.25, 0.3) is 0 Å². The fourth-order valence-corrected chi connectivity index (χ4v) is 5.27. The number of fused-ring (bicyclic) bond motifs is 1. The molecule has 2 heterocycles. The Balaban J connectivity index is 1.87. The Morgan fingerprint density at radius 3 is 2.55 bits per heavy atom. The van der Waals surface area contributed by atoms with E-state index in [2.05, 4.69) is 10.6 Å². The zero-order valence-corrected chi connectivity index (χ0v) is 26.2. The topological polar surface area (TPSA) is 112 Å². The highest BCUT2D eigenvalue weighted by atomic mass is 35.5. The number of carbonyl (C=O) groups excluding carboxylic acids is 3. The molecule has 2 aromatic carbocycles. The fourth-order valence-electron chi connectivity index (χ4n) is 4.97. The highest BCUT2D eigenvalue weighted by Gasteiger charge is 2.31. The first-order valence-electron chi connectivity index (χ1n) is 13.9. The molecule has 224 valence electrons. The van der Waals surface area contributed by atoms with Crippen molar-refractivity contribution in [1.82, 2.24) is 20.4 Å². The molecule has 1 amide bonds. The van der Waals surface area contributed by atoms with Crippen molar-refractivity contribution in [3.05, 3.63) is 79.6 Å². The number of carbonyl (C=O) groups is 3. The summed E-state index contributed by atoms with van der Waals surface area (Å²) in [5, 5.41) is 11.6. The van der Waals surface area contributed by atoms with Gasteiger partial charge in [-0.05, 0) is 63.9 Å². The maximum Gasteiger partial charge on any atom is 0.407 e. The summed E-state index contributed by atoms with van der Waals surface area (Å²) in [5.74, 6) is -0.995. The third-order valence-electron chi connectivity index (χ3n) is 6.96. The molecule has 0 radical (unpaired) electrons. The Morgan fingerprint density at radius 1 is 1.14 bits per heavy atom. The van der Waals surface area contributed by atoms with Gasteiger partial charge in [-0.15, -0.1) is 0 Å². The lowest BCUT2D eigenvalue weighted by molar-refractivity contribution is 0.0508. The highest BCUT2D eigenvalue weighted by molar-refractivity contribution is 6.42. The minimum Gasteiger partial charge on any atom is -0.461 e. The fraction of sp³-hybridized carbons (Fsp3) is 0.419. The molecule has 1 aromatic heterocycles. The molecule has 0 unspecified atom stereocenters. The van der Waals surface area contributed by atoms with Crippen LogP contribution in [0.3, 0.4) is 0 Å². The average molecular weight is 616 g/mol. The van der Waals surface area contributed by atoms with Crippen LogP contribution in [0.15, 0.2) is 30.3 Å². The molecule has 2 N–H and O–H groups in total. The Kier molecular flexibility index (Phi) is 9.65. The molecular formula is C31H36Cl2N4O5. The van der Waals surface area contributed by atoms with Gasteiger partial charge in [0.05, 0.1) is 28.0 Å². The van der Waals surface area contributed by atoms with E-state index in [1.165, 1.54) is 6.07 Å². The van der Waals surface area contributed by atoms with Gasteiger partial charge in [0.1, 0.15) is 5.60 Å². The summed E-state index contributed by atoms with van der Waals surface area (Å²) in [6.45, 7) is 12.6. The normalized spacial score (nSPS) is 13.7. The number of rotatable bonds is 8. The van der Waals surface area contributed by atoms with Gasteiger partial charge in [0.15, 0.2) is 11.5 Å². The van der Waals surface area contributed by atoms with Crippen molar-refractivity contribution in [2.75, 3.05) is 19.7 Å². The van der Waals surface area contributed by atoms with Crippen LogP contribution in [0, 0.1) is 6.92 Å². The van der Waals surface area contributed by atoms with Crippen molar-refractivity contribution in [3.63, 3.8) is 0 Å². The molecule has 0 saturated carbocycles. The second-order valence-electron chi connectivity index (χ2n) is 11.3. The van der Waals surface area contributed by atoms with E-state index in [0.717, 1.165) is 23.4 Å². The second kappa shape index (κ2) is 12.9. The number of nitrogens with zero attached hydrogens (tertiary/aromatic N) is 2. The monoisotopic (exact) mass is 614 g/mol. The van der Waals surface area contributed by atoms with Crippen LogP contribution in [0.25, 0.3) is 5.69 Å². The number of ether oxygens (including phenoxy) is 2. The van der Waals surface area contributed by atoms with Gasteiger partial charge in [-0.25, -0.2) is 14.3 Å². The smallest absolute Gasteiger partial charge is 0.407 e. The van der Waals surface area contributed by atoms with Crippen LogP contribution in [-0.2, 0) is 22.4 Å². The number of aromatic nitrogens is 2. The van der Waals surface area contributed by atoms with Gasteiger partial charge < -0.3 is 20.1 Å². The maximum atomic E-state index is 13.8. The van der Waals surface area contributed by atoms with Crippen molar-refractivity contribution >= 4 is 41.0 Å². The summed E-state index contributed by atoms with van der Waals surface area (Å²) in [4.78, 5) is 39.5. The maximum absolute atomic E-state index is 13.8. The van der Waals surface area contributed by atoms with Crippen LogP contribution in [0.5, 0.6) is 0 Å².